The van der Waals surface area contributed by atoms with E-state index in [4.69, 9.17) is 5.73 Å². The molecular weight excluding hydrogens is 282 g/mol. The zero-order valence-corrected chi connectivity index (χ0v) is 12.7. The van der Waals surface area contributed by atoms with Crippen LogP contribution in [0.3, 0.4) is 0 Å². The van der Waals surface area contributed by atoms with Crippen LogP contribution in [0.1, 0.15) is 19.4 Å². The van der Waals surface area contributed by atoms with E-state index in [0.717, 1.165) is 16.5 Å². The van der Waals surface area contributed by atoms with Crippen LogP contribution in [0, 0.1) is 5.92 Å². The number of carbonyl (C=O) groups is 2. The Bertz CT molecular complexity index is 678. The molecule has 1 aromatic carbocycles. The van der Waals surface area contributed by atoms with Crippen LogP contribution in [0.4, 0.5) is 0 Å². The molecule has 0 radical (unpaired) electrons. The number of aromatic amines is 1. The molecule has 0 fully saturated rings. The second-order valence-electron chi connectivity index (χ2n) is 5.73. The monoisotopic (exact) mass is 303 g/mol. The van der Waals surface area contributed by atoms with E-state index in [2.05, 4.69) is 10.3 Å². The minimum Gasteiger partial charge on any atom is -0.480 e. The predicted octanol–water partition coefficient (Wildman–Crippen LogP) is 1.26. The molecule has 0 aliphatic heterocycles. The zero-order valence-electron chi connectivity index (χ0n) is 12.7. The van der Waals surface area contributed by atoms with Gasteiger partial charge in [0.15, 0.2) is 0 Å². The van der Waals surface area contributed by atoms with Gasteiger partial charge in [-0.1, -0.05) is 32.0 Å². The topological polar surface area (TPSA) is 108 Å². The van der Waals surface area contributed by atoms with Gasteiger partial charge >= 0.3 is 5.97 Å². The first-order valence-corrected chi connectivity index (χ1v) is 7.24. The van der Waals surface area contributed by atoms with Gasteiger partial charge in [0, 0.05) is 23.5 Å². The van der Waals surface area contributed by atoms with Crippen molar-refractivity contribution in [3.63, 3.8) is 0 Å². The fourth-order valence-corrected chi connectivity index (χ4v) is 2.29. The molecule has 0 aliphatic rings. The summed E-state index contributed by atoms with van der Waals surface area (Å²) in [7, 11) is 0. The van der Waals surface area contributed by atoms with Crippen LogP contribution in [0.2, 0.25) is 0 Å². The first-order valence-electron chi connectivity index (χ1n) is 7.24. The number of para-hydroxylation sites is 1. The van der Waals surface area contributed by atoms with Gasteiger partial charge in [-0.3, -0.25) is 4.79 Å². The number of rotatable bonds is 6. The maximum Gasteiger partial charge on any atom is 0.326 e. The number of amides is 1. The summed E-state index contributed by atoms with van der Waals surface area (Å²) >= 11 is 0. The molecule has 0 aliphatic carbocycles. The molecular formula is C16H21N3O3. The minimum atomic E-state index is -1.07. The van der Waals surface area contributed by atoms with Crippen molar-refractivity contribution in [1.29, 1.82) is 0 Å². The highest BCUT2D eigenvalue weighted by molar-refractivity contribution is 5.88. The predicted molar refractivity (Wildman–Crippen MR) is 84.4 cm³/mol. The van der Waals surface area contributed by atoms with Crippen molar-refractivity contribution in [2.24, 2.45) is 11.7 Å². The van der Waals surface area contributed by atoms with Gasteiger partial charge in [0.25, 0.3) is 0 Å². The van der Waals surface area contributed by atoms with Crippen molar-refractivity contribution in [1.82, 2.24) is 10.3 Å². The van der Waals surface area contributed by atoms with Crippen molar-refractivity contribution in [2.45, 2.75) is 32.4 Å². The third-order valence-electron chi connectivity index (χ3n) is 3.73. The van der Waals surface area contributed by atoms with E-state index in [1.807, 2.05) is 38.1 Å². The number of hydrogen-bond acceptors (Lipinski definition) is 3. The van der Waals surface area contributed by atoms with E-state index in [9.17, 15) is 14.7 Å². The van der Waals surface area contributed by atoms with Gasteiger partial charge in [-0.2, -0.15) is 0 Å². The molecule has 2 rings (SSSR count). The molecule has 0 bridgehead atoms. The normalized spacial score (nSPS) is 14.0. The zero-order chi connectivity index (χ0) is 16.3. The Labute approximate surface area is 128 Å². The molecule has 22 heavy (non-hydrogen) atoms. The summed E-state index contributed by atoms with van der Waals surface area (Å²) in [4.78, 5) is 26.5. The molecule has 6 nitrogen and oxygen atoms in total. The fourth-order valence-electron chi connectivity index (χ4n) is 2.29. The van der Waals surface area contributed by atoms with E-state index in [-0.39, 0.29) is 12.3 Å². The number of hydrogen-bond donors (Lipinski definition) is 4. The number of fused-ring (bicyclic) bond motifs is 1. The summed E-state index contributed by atoms with van der Waals surface area (Å²) in [5.41, 5.74) is 7.55. The molecule has 0 saturated carbocycles. The summed E-state index contributed by atoms with van der Waals surface area (Å²) in [5.74, 6) is -1.57. The van der Waals surface area contributed by atoms with Crippen LogP contribution in [0.5, 0.6) is 0 Å². The highest BCUT2D eigenvalue weighted by Crippen LogP contribution is 2.19. The summed E-state index contributed by atoms with van der Waals surface area (Å²) in [6.07, 6.45) is 1.98. The minimum absolute atomic E-state index is 0.0532. The van der Waals surface area contributed by atoms with Crippen molar-refractivity contribution in [3.8, 4) is 0 Å². The molecule has 118 valence electrons. The van der Waals surface area contributed by atoms with Crippen LogP contribution in [0.25, 0.3) is 10.9 Å². The van der Waals surface area contributed by atoms with Crippen LogP contribution in [-0.4, -0.2) is 34.1 Å². The lowest BCUT2D eigenvalue weighted by atomic mass is 10.0. The Morgan fingerprint density at radius 1 is 1.32 bits per heavy atom. The smallest absolute Gasteiger partial charge is 0.326 e. The van der Waals surface area contributed by atoms with Crippen LogP contribution >= 0.6 is 0 Å². The Kier molecular flexibility index (Phi) is 4.82. The van der Waals surface area contributed by atoms with Gasteiger partial charge in [0.05, 0.1) is 6.04 Å². The number of aromatic nitrogens is 1. The molecule has 2 unspecified atom stereocenters. The van der Waals surface area contributed by atoms with Crippen LogP contribution in [-0.2, 0) is 16.0 Å². The van der Waals surface area contributed by atoms with E-state index in [0.29, 0.717) is 0 Å². The largest absolute Gasteiger partial charge is 0.480 e. The van der Waals surface area contributed by atoms with Gasteiger partial charge in [0.2, 0.25) is 5.91 Å². The van der Waals surface area contributed by atoms with E-state index < -0.39 is 24.0 Å². The number of carboxylic acid groups (broad SMARTS) is 1. The quantitative estimate of drug-likeness (QED) is 0.644. The number of H-pyrrole nitrogens is 1. The average Bonchev–Trinajstić information content (AvgIpc) is 2.88. The van der Waals surface area contributed by atoms with Crippen molar-refractivity contribution < 1.29 is 14.7 Å². The summed E-state index contributed by atoms with van der Waals surface area (Å²) in [5, 5.41) is 12.8. The number of benzene rings is 1. The Morgan fingerprint density at radius 3 is 2.64 bits per heavy atom. The van der Waals surface area contributed by atoms with Gasteiger partial charge in [-0.05, 0) is 17.5 Å². The number of nitrogens with two attached hydrogens (primary N) is 1. The third kappa shape index (κ3) is 3.46. The second kappa shape index (κ2) is 6.62. The van der Waals surface area contributed by atoms with Gasteiger partial charge in [-0.15, -0.1) is 0 Å². The summed E-state index contributed by atoms with van der Waals surface area (Å²) < 4.78 is 0. The van der Waals surface area contributed by atoms with Crippen molar-refractivity contribution in [2.75, 3.05) is 0 Å². The lowest BCUT2D eigenvalue weighted by Gasteiger charge is -2.19. The first-order chi connectivity index (χ1) is 10.4. The highest BCUT2D eigenvalue weighted by Gasteiger charge is 2.25. The summed E-state index contributed by atoms with van der Waals surface area (Å²) in [6.45, 7) is 3.64. The SMILES string of the molecule is CC(C)C(N)C(=O)NC(Cc1c[nH]c2ccccc12)C(=O)O. The maximum absolute atomic E-state index is 12.0. The maximum atomic E-state index is 12.0. The third-order valence-corrected chi connectivity index (χ3v) is 3.73. The van der Waals surface area contributed by atoms with E-state index >= 15 is 0 Å². The summed E-state index contributed by atoms with van der Waals surface area (Å²) in [6, 6.07) is 5.91. The molecule has 1 amide bonds. The highest BCUT2D eigenvalue weighted by atomic mass is 16.4. The van der Waals surface area contributed by atoms with Crippen LogP contribution in [0.15, 0.2) is 30.5 Å². The van der Waals surface area contributed by atoms with Gasteiger partial charge < -0.3 is 21.1 Å². The Hall–Kier alpha value is -2.34. The lowest BCUT2D eigenvalue weighted by Crippen LogP contribution is -2.51. The number of carboxylic acids is 1. The molecule has 2 aromatic rings. The lowest BCUT2D eigenvalue weighted by molar-refractivity contribution is -0.142. The molecule has 0 saturated heterocycles. The van der Waals surface area contributed by atoms with Crippen molar-refractivity contribution >= 4 is 22.8 Å². The fraction of sp³-hybridized carbons (Fsp3) is 0.375. The van der Waals surface area contributed by atoms with Gasteiger partial charge in [-0.25, -0.2) is 4.79 Å². The molecule has 2 atom stereocenters. The van der Waals surface area contributed by atoms with E-state index in [1.54, 1.807) is 6.20 Å². The Balaban J connectivity index is 2.16. The molecule has 1 heterocycles. The first kappa shape index (κ1) is 16.0. The van der Waals surface area contributed by atoms with Crippen LogP contribution < -0.4 is 11.1 Å². The molecule has 5 N–H and O–H groups in total. The number of carbonyl (C=O) groups excluding carboxylic acids is 1. The standard InChI is InChI=1S/C16H21N3O3/c1-9(2)14(17)15(20)19-13(16(21)22)7-10-8-18-12-6-4-3-5-11(10)12/h3-6,8-9,13-14,18H,7,17H2,1-2H3,(H,19,20)(H,21,22). The average molecular weight is 303 g/mol. The molecule has 0 spiro atoms. The van der Waals surface area contributed by atoms with Gasteiger partial charge in [0.1, 0.15) is 6.04 Å². The molecule has 6 heteroatoms. The second-order valence-corrected chi connectivity index (χ2v) is 5.73. The Morgan fingerprint density at radius 2 is 2.00 bits per heavy atom. The molecule has 1 aromatic heterocycles. The number of aliphatic carboxylic acids is 1. The number of nitrogens with one attached hydrogen (secondary N) is 2. The van der Waals surface area contributed by atoms with Crippen molar-refractivity contribution in [3.05, 3.63) is 36.0 Å². The van der Waals surface area contributed by atoms with E-state index in [1.165, 1.54) is 0 Å².